The molecular weight excluding hydrogens is 619 g/mol. The van der Waals surface area contributed by atoms with Crippen LogP contribution in [-0.2, 0) is 20.4 Å². The molecule has 0 radical (unpaired) electrons. The molecule has 6 rings (SSSR count). The van der Waals surface area contributed by atoms with Gasteiger partial charge in [-0.3, -0.25) is 4.79 Å². The van der Waals surface area contributed by atoms with Crippen LogP contribution >= 0.6 is 0 Å². The Bertz CT molecular complexity index is 1950. The van der Waals surface area contributed by atoms with Crippen LogP contribution in [0, 0.1) is 0 Å². The maximum absolute atomic E-state index is 12.1. The molecule has 6 aromatic rings. The lowest BCUT2D eigenvalue weighted by atomic mass is 9.76. The third kappa shape index (κ3) is 6.15. The van der Waals surface area contributed by atoms with Crippen molar-refractivity contribution in [3.8, 4) is 0 Å². The zero-order chi connectivity index (χ0) is 34.9. The predicted octanol–water partition coefficient (Wildman–Crippen LogP) is 10.5. The fourth-order valence-corrected chi connectivity index (χ4v) is 8.42. The van der Waals surface area contributed by atoms with Gasteiger partial charge in [-0.25, -0.2) is 4.98 Å². The van der Waals surface area contributed by atoms with Crippen LogP contribution in [0.4, 0.5) is 5.69 Å². The van der Waals surface area contributed by atoms with Crippen LogP contribution in [0.5, 0.6) is 0 Å². The number of rotatable bonds is 10. The average molecular weight is 666 g/mol. The quantitative estimate of drug-likeness (QED) is 0.117. The lowest BCUT2D eigenvalue weighted by molar-refractivity contribution is -0.114. The van der Waals surface area contributed by atoms with Crippen LogP contribution < -0.4 is 5.32 Å². The van der Waals surface area contributed by atoms with Gasteiger partial charge in [-0.2, -0.15) is 0 Å². The molecule has 0 aliphatic rings. The molecule has 0 bridgehead atoms. The van der Waals surface area contributed by atoms with Crippen molar-refractivity contribution in [2.45, 2.75) is 70.3 Å². The number of carbonyl (C=O) groups excluding carboxylic acids is 1. The summed E-state index contributed by atoms with van der Waals surface area (Å²) >= 11 is 0. The van der Waals surface area contributed by atoms with Gasteiger partial charge in [0.05, 0.1) is 12.0 Å². The number of imidazole rings is 1. The Kier molecular flexibility index (Phi) is 9.23. The van der Waals surface area contributed by atoms with E-state index >= 15 is 0 Å². The van der Waals surface area contributed by atoms with Crippen LogP contribution in [0.1, 0.15) is 69.0 Å². The predicted molar refractivity (Wildman–Crippen MR) is 204 cm³/mol. The molecule has 1 unspecified atom stereocenters. The van der Waals surface area contributed by atoms with Crippen molar-refractivity contribution in [2.24, 2.45) is 0 Å². The molecule has 0 saturated carbocycles. The molecule has 49 heavy (non-hydrogen) atoms. The van der Waals surface area contributed by atoms with Gasteiger partial charge in [0.1, 0.15) is 11.1 Å². The smallest absolute Gasteiger partial charge is 0.221 e. The zero-order valence-corrected chi connectivity index (χ0v) is 30.7. The molecule has 0 fully saturated rings. The van der Waals surface area contributed by atoms with E-state index in [9.17, 15) is 4.79 Å². The third-order valence-corrected chi connectivity index (χ3v) is 14.8. The number of hydrogen-bond acceptors (Lipinski definition) is 3. The van der Waals surface area contributed by atoms with E-state index in [1.54, 1.807) is 0 Å². The van der Waals surface area contributed by atoms with Crippen LogP contribution in [0.15, 0.2) is 140 Å². The van der Waals surface area contributed by atoms with Crippen molar-refractivity contribution in [1.82, 2.24) is 9.55 Å². The summed E-state index contributed by atoms with van der Waals surface area (Å²) in [6, 6.07) is 44.5. The number of aromatic nitrogens is 2. The van der Waals surface area contributed by atoms with E-state index in [2.05, 4.69) is 178 Å². The number of nitrogens with zero attached hydrogens (tertiary/aromatic N) is 2. The van der Waals surface area contributed by atoms with Gasteiger partial charge >= 0.3 is 0 Å². The van der Waals surface area contributed by atoms with Gasteiger partial charge in [0, 0.05) is 18.8 Å². The molecule has 1 heterocycles. The number of anilines is 1. The second-order valence-electron chi connectivity index (χ2n) is 14.4. The molecule has 1 atom stereocenters. The standard InChI is InChI=1S/C43H47N3O2Si/c1-8-42(48-49(6,7)41(3,4)5,39-26-18-19-33-27-28-37(29-38(33)39)45-32(2)47)40-30-46(31-44-40)43(34-20-12-9-13-21-34,35-22-14-10-15-23-35)36-24-16-11-17-25-36/h9-31H,8H2,1-7H3,(H,45,47). The lowest BCUT2D eigenvalue weighted by Gasteiger charge is -2.45. The molecule has 250 valence electrons. The van der Waals surface area contributed by atoms with E-state index in [0.717, 1.165) is 44.4 Å². The monoisotopic (exact) mass is 665 g/mol. The largest absolute Gasteiger partial charge is 0.402 e. The molecule has 6 heteroatoms. The Labute approximate surface area is 292 Å². The molecule has 5 aromatic carbocycles. The van der Waals surface area contributed by atoms with Gasteiger partial charge in [0.15, 0.2) is 8.32 Å². The van der Waals surface area contributed by atoms with E-state index in [1.807, 2.05) is 12.4 Å². The normalized spacial score (nSPS) is 13.6. The maximum Gasteiger partial charge on any atom is 0.221 e. The Morgan fingerprint density at radius 2 is 1.33 bits per heavy atom. The summed E-state index contributed by atoms with van der Waals surface area (Å²) < 4.78 is 9.93. The van der Waals surface area contributed by atoms with Crippen molar-refractivity contribution >= 4 is 30.7 Å². The highest BCUT2D eigenvalue weighted by molar-refractivity contribution is 6.74. The Morgan fingerprint density at radius 1 is 0.776 bits per heavy atom. The van der Waals surface area contributed by atoms with Gasteiger partial charge < -0.3 is 14.3 Å². The highest BCUT2D eigenvalue weighted by Gasteiger charge is 2.48. The Hall–Kier alpha value is -4.78. The van der Waals surface area contributed by atoms with Crippen LogP contribution in [0.25, 0.3) is 10.8 Å². The minimum Gasteiger partial charge on any atom is -0.402 e. The fourth-order valence-electron chi connectivity index (χ4n) is 6.88. The van der Waals surface area contributed by atoms with Crippen LogP contribution in [0.2, 0.25) is 18.1 Å². The second-order valence-corrected chi connectivity index (χ2v) is 19.2. The maximum atomic E-state index is 12.1. The summed E-state index contributed by atoms with van der Waals surface area (Å²) in [5, 5.41) is 5.05. The fraction of sp³-hybridized carbons (Fsp3) is 0.256. The molecule has 1 aromatic heterocycles. The molecule has 5 nitrogen and oxygen atoms in total. The van der Waals surface area contributed by atoms with Crippen molar-refractivity contribution < 1.29 is 9.22 Å². The first-order valence-electron chi connectivity index (χ1n) is 17.1. The first-order valence-corrected chi connectivity index (χ1v) is 20.1. The highest BCUT2D eigenvalue weighted by atomic mass is 28.4. The topological polar surface area (TPSA) is 56.1 Å². The van der Waals surface area contributed by atoms with Crippen molar-refractivity contribution in [3.63, 3.8) is 0 Å². The van der Waals surface area contributed by atoms with Gasteiger partial charge in [0.2, 0.25) is 5.91 Å². The van der Waals surface area contributed by atoms with Gasteiger partial charge in [-0.15, -0.1) is 0 Å². The molecule has 0 saturated heterocycles. The highest BCUT2D eigenvalue weighted by Crippen LogP contribution is 2.49. The third-order valence-electron chi connectivity index (χ3n) is 10.3. The van der Waals surface area contributed by atoms with Crippen molar-refractivity contribution in [2.75, 3.05) is 5.32 Å². The number of fused-ring (bicyclic) bond motifs is 1. The van der Waals surface area contributed by atoms with Gasteiger partial charge in [0.25, 0.3) is 0 Å². The summed E-state index contributed by atoms with van der Waals surface area (Å²) in [4.78, 5) is 17.4. The second kappa shape index (κ2) is 13.3. The summed E-state index contributed by atoms with van der Waals surface area (Å²) in [6.07, 6.45) is 4.85. The molecular formula is C43H47N3O2Si. The molecule has 0 spiro atoms. The SMILES string of the molecule is CCC(O[Si](C)(C)C(C)(C)C)(c1cn(C(c2ccccc2)(c2ccccc2)c2ccccc2)cn1)c1cccc2ccc(NC(C)=O)cc12. The Balaban J connectivity index is 1.67. The Morgan fingerprint density at radius 3 is 1.82 bits per heavy atom. The van der Waals surface area contributed by atoms with Crippen molar-refractivity contribution in [3.05, 3.63) is 168 Å². The number of nitrogens with one attached hydrogen (secondary N) is 1. The van der Waals surface area contributed by atoms with Gasteiger partial charge in [-0.1, -0.05) is 143 Å². The van der Waals surface area contributed by atoms with Gasteiger partial charge in [-0.05, 0) is 69.7 Å². The first-order chi connectivity index (χ1) is 23.4. The summed E-state index contributed by atoms with van der Waals surface area (Å²) in [5.74, 6) is -0.103. The lowest BCUT2D eigenvalue weighted by Crippen LogP contribution is -2.49. The minimum atomic E-state index is -2.40. The van der Waals surface area contributed by atoms with Crippen LogP contribution in [-0.4, -0.2) is 23.8 Å². The van der Waals surface area contributed by atoms with E-state index in [-0.39, 0.29) is 10.9 Å². The van der Waals surface area contributed by atoms with Crippen molar-refractivity contribution in [1.29, 1.82) is 0 Å². The number of hydrogen-bond donors (Lipinski definition) is 1. The molecule has 1 N–H and O–H groups in total. The zero-order valence-electron chi connectivity index (χ0n) is 29.7. The average Bonchev–Trinajstić information content (AvgIpc) is 3.59. The van der Waals surface area contributed by atoms with E-state index in [4.69, 9.17) is 9.41 Å². The first kappa shape index (κ1) is 34.1. The number of benzene rings is 5. The molecule has 1 amide bonds. The van der Waals surface area contributed by atoms with E-state index in [1.165, 1.54) is 6.92 Å². The van der Waals surface area contributed by atoms with E-state index in [0.29, 0.717) is 6.42 Å². The number of carbonyl (C=O) groups is 1. The van der Waals surface area contributed by atoms with Crippen LogP contribution in [0.3, 0.4) is 0 Å². The number of amides is 1. The summed E-state index contributed by atoms with van der Waals surface area (Å²) in [6.45, 7) is 15.2. The summed E-state index contributed by atoms with van der Waals surface area (Å²) in [7, 11) is -2.40. The summed E-state index contributed by atoms with van der Waals surface area (Å²) in [5.41, 5.74) is 4.47. The molecule has 0 aliphatic carbocycles. The minimum absolute atomic E-state index is 0.0518. The molecule has 0 aliphatic heterocycles. The van der Waals surface area contributed by atoms with E-state index < -0.39 is 19.5 Å².